The monoisotopic (exact) mass is 485 g/mol. The van der Waals surface area contributed by atoms with E-state index in [-0.39, 0.29) is 17.0 Å². The third-order valence-corrected chi connectivity index (χ3v) is 7.68. The first-order valence-corrected chi connectivity index (χ1v) is 13.5. The van der Waals surface area contributed by atoms with Crippen molar-refractivity contribution < 1.29 is 21.6 Å². The van der Waals surface area contributed by atoms with Gasteiger partial charge in [-0.05, 0) is 47.9 Å². The molecule has 0 saturated heterocycles. The van der Waals surface area contributed by atoms with Gasteiger partial charge in [0, 0.05) is 18.7 Å². The van der Waals surface area contributed by atoms with Crippen LogP contribution in [0.1, 0.15) is 21.5 Å². The Kier molecular flexibility index (Phi) is 6.13. The molecule has 172 valence electrons. The second kappa shape index (κ2) is 8.87. The van der Waals surface area contributed by atoms with E-state index >= 15 is 0 Å². The number of benzene rings is 3. The molecule has 3 aromatic carbocycles. The Hall–Kier alpha value is -3.37. The summed E-state index contributed by atoms with van der Waals surface area (Å²) in [5.74, 6) is -0.469. The third-order valence-electron chi connectivity index (χ3n) is 5.28. The number of carbonyl (C=O) groups excluding carboxylic acids is 1. The summed E-state index contributed by atoms with van der Waals surface area (Å²) in [6.07, 6.45) is 1.68. The fraction of sp³-hybridized carbons (Fsp3) is 0.174. The van der Waals surface area contributed by atoms with Crippen LogP contribution < -0.4 is 14.3 Å². The Morgan fingerprint density at radius 1 is 0.939 bits per heavy atom. The molecule has 4 rings (SSSR count). The predicted octanol–water partition coefficient (Wildman–Crippen LogP) is 2.74. The van der Waals surface area contributed by atoms with Crippen LogP contribution >= 0.6 is 0 Å². The number of fused-ring (bicyclic) bond motifs is 1. The molecule has 0 aliphatic carbocycles. The summed E-state index contributed by atoms with van der Waals surface area (Å²) in [5, 5.41) is 2.72. The number of anilines is 2. The van der Waals surface area contributed by atoms with E-state index in [1.165, 1.54) is 28.6 Å². The van der Waals surface area contributed by atoms with Crippen molar-refractivity contribution >= 4 is 37.3 Å². The molecule has 8 nitrogen and oxygen atoms in total. The first-order chi connectivity index (χ1) is 15.6. The molecule has 2 N–H and O–H groups in total. The molecule has 33 heavy (non-hydrogen) atoms. The standard InChI is InChI=1S/C23H23N3O5S2/c1-32(28,29)25-21-11-4-2-8-19(21)16-24-23(27)18-9-6-10-20(15-18)33(30,31)26-14-13-17-7-3-5-12-22(17)26/h2-12,15,25H,13-14,16H2,1H3,(H,24,27). The van der Waals surface area contributed by atoms with Gasteiger partial charge in [0.25, 0.3) is 15.9 Å². The minimum atomic E-state index is -3.83. The van der Waals surface area contributed by atoms with Crippen LogP contribution in [0.25, 0.3) is 0 Å². The molecule has 0 radical (unpaired) electrons. The highest BCUT2D eigenvalue weighted by Crippen LogP contribution is 2.32. The zero-order valence-corrected chi connectivity index (χ0v) is 19.5. The third kappa shape index (κ3) is 5.01. The van der Waals surface area contributed by atoms with E-state index in [1.807, 2.05) is 12.1 Å². The van der Waals surface area contributed by atoms with Crippen LogP contribution in [0.15, 0.2) is 77.7 Å². The van der Waals surface area contributed by atoms with Gasteiger partial charge in [-0.15, -0.1) is 0 Å². The van der Waals surface area contributed by atoms with E-state index in [1.54, 1.807) is 36.4 Å². The van der Waals surface area contributed by atoms with Gasteiger partial charge in [0.2, 0.25) is 10.0 Å². The van der Waals surface area contributed by atoms with Crippen molar-refractivity contribution in [1.82, 2.24) is 5.32 Å². The summed E-state index contributed by atoms with van der Waals surface area (Å²) in [5.41, 5.74) is 2.76. The smallest absolute Gasteiger partial charge is 0.264 e. The Bertz CT molecular complexity index is 1420. The lowest BCUT2D eigenvalue weighted by Crippen LogP contribution is -2.29. The quantitative estimate of drug-likeness (QED) is 0.534. The van der Waals surface area contributed by atoms with Gasteiger partial charge in [-0.1, -0.05) is 42.5 Å². The summed E-state index contributed by atoms with van der Waals surface area (Å²) < 4.78 is 53.4. The molecule has 1 aliphatic rings. The molecule has 1 heterocycles. The van der Waals surface area contributed by atoms with Gasteiger partial charge in [-0.25, -0.2) is 16.8 Å². The molecular formula is C23H23N3O5S2. The largest absolute Gasteiger partial charge is 0.348 e. The summed E-state index contributed by atoms with van der Waals surface area (Å²) in [4.78, 5) is 12.8. The summed E-state index contributed by atoms with van der Waals surface area (Å²) >= 11 is 0. The van der Waals surface area contributed by atoms with E-state index in [0.717, 1.165) is 11.8 Å². The number of hydrogen-bond donors (Lipinski definition) is 2. The number of hydrogen-bond acceptors (Lipinski definition) is 5. The highest BCUT2D eigenvalue weighted by molar-refractivity contribution is 7.93. The lowest BCUT2D eigenvalue weighted by Gasteiger charge is -2.20. The summed E-state index contributed by atoms with van der Waals surface area (Å²) in [6.45, 7) is 0.413. The minimum absolute atomic E-state index is 0.0333. The van der Waals surface area contributed by atoms with Crippen LogP contribution in [0.3, 0.4) is 0 Å². The maximum absolute atomic E-state index is 13.3. The second-order valence-corrected chi connectivity index (χ2v) is 11.3. The number of nitrogens with zero attached hydrogens (tertiary/aromatic N) is 1. The normalized spacial score (nSPS) is 13.4. The fourth-order valence-electron chi connectivity index (χ4n) is 3.73. The topological polar surface area (TPSA) is 113 Å². The zero-order valence-electron chi connectivity index (χ0n) is 17.9. The number of para-hydroxylation sites is 2. The molecule has 0 fully saturated rings. The number of rotatable bonds is 7. The molecule has 0 unspecified atom stereocenters. The summed E-state index contributed by atoms with van der Waals surface area (Å²) in [6, 6.07) is 20.0. The van der Waals surface area contributed by atoms with Gasteiger partial charge in [0.1, 0.15) is 0 Å². The SMILES string of the molecule is CS(=O)(=O)Nc1ccccc1CNC(=O)c1cccc(S(=O)(=O)N2CCc3ccccc32)c1. The number of amides is 1. The van der Waals surface area contributed by atoms with E-state index in [4.69, 9.17) is 0 Å². The van der Waals surface area contributed by atoms with Crippen LogP contribution in [0, 0.1) is 0 Å². The molecule has 0 atom stereocenters. The second-order valence-electron chi connectivity index (χ2n) is 7.70. The molecule has 0 bridgehead atoms. The van der Waals surface area contributed by atoms with Crippen molar-refractivity contribution in [3.8, 4) is 0 Å². The average Bonchev–Trinajstić information content (AvgIpc) is 3.22. The van der Waals surface area contributed by atoms with Crippen molar-refractivity contribution in [2.45, 2.75) is 17.9 Å². The predicted molar refractivity (Wildman–Crippen MR) is 127 cm³/mol. The molecule has 0 spiro atoms. The van der Waals surface area contributed by atoms with Gasteiger partial charge in [0.15, 0.2) is 0 Å². The molecule has 1 amide bonds. The Morgan fingerprint density at radius 3 is 2.45 bits per heavy atom. The highest BCUT2D eigenvalue weighted by Gasteiger charge is 2.30. The maximum Gasteiger partial charge on any atom is 0.264 e. The molecule has 3 aromatic rings. The Labute approximate surface area is 193 Å². The van der Waals surface area contributed by atoms with Crippen LogP contribution in [0.5, 0.6) is 0 Å². The highest BCUT2D eigenvalue weighted by atomic mass is 32.2. The van der Waals surface area contributed by atoms with Crippen molar-refractivity contribution in [3.05, 3.63) is 89.5 Å². The Morgan fingerprint density at radius 2 is 1.67 bits per heavy atom. The van der Waals surface area contributed by atoms with Crippen molar-refractivity contribution in [2.75, 3.05) is 21.8 Å². The Balaban J connectivity index is 1.53. The fourth-order valence-corrected chi connectivity index (χ4v) is 5.88. The van der Waals surface area contributed by atoms with Gasteiger partial charge < -0.3 is 5.32 Å². The van der Waals surface area contributed by atoms with Crippen molar-refractivity contribution in [2.24, 2.45) is 0 Å². The van der Waals surface area contributed by atoms with Crippen LogP contribution in [0.4, 0.5) is 11.4 Å². The molecule has 1 aliphatic heterocycles. The zero-order chi connectivity index (χ0) is 23.6. The van der Waals surface area contributed by atoms with Gasteiger partial charge in [-0.2, -0.15) is 0 Å². The number of sulfonamides is 2. The molecular weight excluding hydrogens is 462 g/mol. The van der Waals surface area contributed by atoms with E-state index in [9.17, 15) is 21.6 Å². The summed E-state index contributed by atoms with van der Waals surface area (Å²) in [7, 11) is -7.30. The number of carbonyl (C=O) groups is 1. The van der Waals surface area contributed by atoms with Crippen LogP contribution in [0.2, 0.25) is 0 Å². The first kappa shape index (κ1) is 22.8. The van der Waals surface area contributed by atoms with Gasteiger partial charge >= 0.3 is 0 Å². The van der Waals surface area contributed by atoms with E-state index < -0.39 is 26.0 Å². The average molecular weight is 486 g/mol. The van der Waals surface area contributed by atoms with Gasteiger partial charge in [0.05, 0.1) is 22.5 Å². The first-order valence-electron chi connectivity index (χ1n) is 10.2. The lowest BCUT2D eigenvalue weighted by atomic mass is 10.1. The number of nitrogens with one attached hydrogen (secondary N) is 2. The maximum atomic E-state index is 13.3. The molecule has 0 saturated carbocycles. The van der Waals surface area contributed by atoms with E-state index in [0.29, 0.717) is 29.9 Å². The van der Waals surface area contributed by atoms with Crippen LogP contribution in [-0.4, -0.2) is 35.5 Å². The lowest BCUT2D eigenvalue weighted by molar-refractivity contribution is 0.0951. The minimum Gasteiger partial charge on any atom is -0.348 e. The van der Waals surface area contributed by atoms with Gasteiger partial charge in [-0.3, -0.25) is 13.8 Å². The van der Waals surface area contributed by atoms with E-state index in [2.05, 4.69) is 10.0 Å². The van der Waals surface area contributed by atoms with Crippen molar-refractivity contribution in [1.29, 1.82) is 0 Å². The molecule has 0 aromatic heterocycles. The molecule has 10 heteroatoms. The van der Waals surface area contributed by atoms with Crippen LogP contribution in [-0.2, 0) is 33.0 Å². The van der Waals surface area contributed by atoms with Crippen molar-refractivity contribution in [3.63, 3.8) is 0 Å².